The minimum atomic E-state index is 0. The quantitative estimate of drug-likeness (QED) is 0.437. The molecule has 0 aliphatic heterocycles. The molecule has 1 rings (SSSR count). The van der Waals surface area contributed by atoms with Gasteiger partial charge in [0.15, 0.2) is 0 Å². The van der Waals surface area contributed by atoms with Crippen LogP contribution in [0.15, 0.2) is 24.3 Å². The van der Waals surface area contributed by atoms with Crippen molar-refractivity contribution in [1.82, 2.24) is 0 Å². The van der Waals surface area contributed by atoms with E-state index in [2.05, 4.69) is 6.92 Å². The van der Waals surface area contributed by atoms with E-state index in [0.29, 0.717) is 5.75 Å². The fourth-order valence-corrected chi connectivity index (χ4v) is 2.34. The van der Waals surface area contributed by atoms with Crippen LogP contribution in [-0.4, -0.2) is 6.61 Å². The van der Waals surface area contributed by atoms with E-state index in [0.717, 1.165) is 13.0 Å². The molecular formula is C18H29NaO2. The van der Waals surface area contributed by atoms with Crippen molar-refractivity contribution >= 4 is 0 Å². The summed E-state index contributed by atoms with van der Waals surface area (Å²) in [4.78, 5) is 0. The molecule has 0 spiro atoms. The van der Waals surface area contributed by atoms with Crippen LogP contribution in [-0.2, 0) is 0 Å². The van der Waals surface area contributed by atoms with E-state index in [1.807, 2.05) is 6.07 Å². The Bertz CT molecular complexity index is 342. The van der Waals surface area contributed by atoms with Gasteiger partial charge in [-0.1, -0.05) is 76.8 Å². The SMILES string of the molecule is CCCCCCCCCCCCOc1cccc([O-])c1.[Na+]. The Morgan fingerprint density at radius 1 is 0.857 bits per heavy atom. The second-order valence-corrected chi connectivity index (χ2v) is 5.51. The van der Waals surface area contributed by atoms with Gasteiger partial charge in [-0.3, -0.25) is 0 Å². The van der Waals surface area contributed by atoms with E-state index in [1.54, 1.807) is 18.2 Å². The van der Waals surface area contributed by atoms with E-state index >= 15 is 0 Å². The van der Waals surface area contributed by atoms with E-state index in [4.69, 9.17) is 4.74 Å². The first-order chi connectivity index (χ1) is 9.83. The van der Waals surface area contributed by atoms with E-state index in [1.165, 1.54) is 57.8 Å². The average Bonchev–Trinajstić information content (AvgIpc) is 2.45. The molecule has 1 aromatic carbocycles. The molecule has 0 unspecified atom stereocenters. The van der Waals surface area contributed by atoms with Crippen LogP contribution in [0.2, 0.25) is 0 Å². The number of unbranched alkanes of at least 4 members (excludes halogenated alkanes) is 9. The van der Waals surface area contributed by atoms with Gasteiger partial charge in [-0.05, 0) is 18.6 Å². The van der Waals surface area contributed by atoms with Crippen molar-refractivity contribution in [2.45, 2.75) is 71.1 Å². The molecule has 0 heterocycles. The van der Waals surface area contributed by atoms with E-state index in [-0.39, 0.29) is 35.3 Å². The molecule has 2 nitrogen and oxygen atoms in total. The average molecular weight is 300 g/mol. The van der Waals surface area contributed by atoms with Crippen LogP contribution in [0.5, 0.6) is 11.5 Å². The summed E-state index contributed by atoms with van der Waals surface area (Å²) in [6, 6.07) is 6.69. The second kappa shape index (κ2) is 14.7. The van der Waals surface area contributed by atoms with Gasteiger partial charge in [0.1, 0.15) is 5.75 Å². The molecular weight excluding hydrogens is 271 g/mol. The number of hydrogen-bond donors (Lipinski definition) is 0. The maximum atomic E-state index is 11.1. The minimum absolute atomic E-state index is 0. The molecule has 0 radical (unpaired) electrons. The summed E-state index contributed by atoms with van der Waals surface area (Å²) in [5.74, 6) is 0.721. The van der Waals surface area contributed by atoms with Gasteiger partial charge in [0.05, 0.1) is 6.61 Å². The Morgan fingerprint density at radius 2 is 1.43 bits per heavy atom. The fourth-order valence-electron chi connectivity index (χ4n) is 2.34. The van der Waals surface area contributed by atoms with Crippen molar-refractivity contribution in [3.8, 4) is 11.5 Å². The molecule has 0 fully saturated rings. The molecule has 21 heavy (non-hydrogen) atoms. The van der Waals surface area contributed by atoms with Crippen molar-refractivity contribution in [3.05, 3.63) is 24.3 Å². The van der Waals surface area contributed by atoms with Gasteiger partial charge in [-0.25, -0.2) is 0 Å². The first-order valence-corrected chi connectivity index (χ1v) is 8.23. The molecule has 0 aliphatic rings. The van der Waals surface area contributed by atoms with Crippen LogP contribution in [0.4, 0.5) is 0 Å². The Balaban J connectivity index is 0.00000400. The first kappa shape index (κ1) is 20.8. The number of benzene rings is 1. The molecule has 0 aromatic heterocycles. The zero-order chi connectivity index (χ0) is 14.5. The van der Waals surface area contributed by atoms with Crippen LogP contribution in [0.3, 0.4) is 0 Å². The van der Waals surface area contributed by atoms with Gasteiger partial charge in [0.2, 0.25) is 0 Å². The van der Waals surface area contributed by atoms with Gasteiger partial charge < -0.3 is 9.84 Å². The first-order valence-electron chi connectivity index (χ1n) is 8.23. The molecule has 114 valence electrons. The topological polar surface area (TPSA) is 32.3 Å². The van der Waals surface area contributed by atoms with Crippen molar-refractivity contribution < 1.29 is 39.4 Å². The van der Waals surface area contributed by atoms with E-state index in [9.17, 15) is 5.11 Å². The number of rotatable bonds is 12. The molecule has 3 heteroatoms. The Kier molecular flexibility index (Phi) is 14.6. The van der Waals surface area contributed by atoms with Gasteiger partial charge in [0, 0.05) is 0 Å². The largest absolute Gasteiger partial charge is 1.00 e. The predicted octanol–water partition coefficient (Wildman–Crippen LogP) is 2.06. The summed E-state index contributed by atoms with van der Waals surface area (Å²) in [6.07, 6.45) is 13.3. The Hall–Kier alpha value is -0.180. The van der Waals surface area contributed by atoms with Crippen molar-refractivity contribution in [1.29, 1.82) is 0 Å². The summed E-state index contributed by atoms with van der Waals surface area (Å²) >= 11 is 0. The molecule has 0 N–H and O–H groups in total. The van der Waals surface area contributed by atoms with Gasteiger partial charge in [0.25, 0.3) is 0 Å². The van der Waals surface area contributed by atoms with Crippen molar-refractivity contribution in [3.63, 3.8) is 0 Å². The third-order valence-corrected chi connectivity index (χ3v) is 3.57. The van der Waals surface area contributed by atoms with E-state index < -0.39 is 0 Å². The van der Waals surface area contributed by atoms with Crippen LogP contribution in [0, 0.1) is 0 Å². The van der Waals surface area contributed by atoms with Crippen LogP contribution >= 0.6 is 0 Å². The minimum Gasteiger partial charge on any atom is -0.872 e. The van der Waals surface area contributed by atoms with Gasteiger partial charge >= 0.3 is 29.6 Å². The van der Waals surface area contributed by atoms with Crippen LogP contribution < -0.4 is 39.4 Å². The fraction of sp³-hybridized carbons (Fsp3) is 0.667. The Labute approximate surface area is 152 Å². The van der Waals surface area contributed by atoms with Gasteiger partial charge in [-0.2, -0.15) is 0 Å². The molecule has 0 atom stereocenters. The third-order valence-electron chi connectivity index (χ3n) is 3.57. The number of ether oxygens (including phenoxy) is 1. The molecule has 0 aliphatic carbocycles. The normalized spacial score (nSPS) is 10.1. The molecule has 0 amide bonds. The molecule has 1 aromatic rings. The monoisotopic (exact) mass is 300 g/mol. The zero-order valence-corrected chi connectivity index (χ0v) is 15.9. The standard InChI is InChI=1S/C18H30O2.Na/c1-2-3-4-5-6-7-8-9-10-11-15-20-18-14-12-13-17(19)16-18;/h12-14,16,19H,2-11,15H2,1H3;/q;+1/p-1. The maximum absolute atomic E-state index is 11.1. The summed E-state index contributed by atoms with van der Waals surface area (Å²) in [7, 11) is 0. The summed E-state index contributed by atoms with van der Waals surface area (Å²) in [6.45, 7) is 2.98. The zero-order valence-electron chi connectivity index (χ0n) is 13.9. The summed E-state index contributed by atoms with van der Waals surface area (Å²) in [5, 5.41) is 11.1. The van der Waals surface area contributed by atoms with Crippen LogP contribution in [0.1, 0.15) is 71.1 Å². The summed E-state index contributed by atoms with van der Waals surface area (Å²) in [5.41, 5.74) is 0. The summed E-state index contributed by atoms with van der Waals surface area (Å²) < 4.78 is 5.56. The third kappa shape index (κ3) is 12.1. The molecule has 0 saturated heterocycles. The smallest absolute Gasteiger partial charge is 0.872 e. The Morgan fingerprint density at radius 3 is 2.00 bits per heavy atom. The van der Waals surface area contributed by atoms with Crippen molar-refractivity contribution in [2.75, 3.05) is 6.61 Å². The maximum Gasteiger partial charge on any atom is 1.00 e. The number of hydrogen-bond acceptors (Lipinski definition) is 2. The second-order valence-electron chi connectivity index (χ2n) is 5.51. The van der Waals surface area contributed by atoms with Crippen LogP contribution in [0.25, 0.3) is 0 Å². The molecule has 0 saturated carbocycles. The predicted molar refractivity (Wildman–Crippen MR) is 83.2 cm³/mol. The van der Waals surface area contributed by atoms with Crippen molar-refractivity contribution in [2.24, 2.45) is 0 Å². The molecule has 0 bridgehead atoms. The van der Waals surface area contributed by atoms with Gasteiger partial charge in [-0.15, -0.1) is 5.75 Å².